The van der Waals surface area contributed by atoms with Gasteiger partial charge in [-0.3, -0.25) is 14.4 Å². The zero-order valence-electron chi connectivity index (χ0n) is 10.9. The van der Waals surface area contributed by atoms with Crippen molar-refractivity contribution in [3.63, 3.8) is 0 Å². The average molecular weight is 220 g/mol. The van der Waals surface area contributed by atoms with E-state index in [0.29, 0.717) is 0 Å². The molecule has 3 heteroatoms. The molecule has 0 heterocycles. The molecular weight excluding hydrogens is 198 g/mol. The second-order valence-corrected chi connectivity index (χ2v) is 4.43. The van der Waals surface area contributed by atoms with Gasteiger partial charge in [-0.2, -0.15) is 0 Å². The third kappa shape index (κ3) is 3.26. The summed E-state index contributed by atoms with van der Waals surface area (Å²) >= 11 is 0. The lowest BCUT2D eigenvalue weighted by Gasteiger charge is -2.21. The van der Waals surface area contributed by atoms with Crippen molar-refractivity contribution in [2.24, 2.45) is 0 Å². The van der Waals surface area contributed by atoms with Crippen LogP contribution in [0, 0.1) is 0 Å². The zero-order chi connectivity index (χ0) is 12.1. The van der Waals surface area contributed by atoms with Gasteiger partial charge < -0.3 is 0 Å². The van der Waals surface area contributed by atoms with Crippen molar-refractivity contribution in [3.05, 3.63) is 35.9 Å². The molecule has 0 N–H and O–H groups in total. The summed E-state index contributed by atoms with van der Waals surface area (Å²) in [5.74, 6) is 1.20. The van der Waals surface area contributed by atoms with Gasteiger partial charge in [0.15, 0.2) is 0 Å². The molecule has 0 unspecified atom stereocenters. The molecule has 0 radical (unpaired) electrons. The van der Waals surface area contributed by atoms with Gasteiger partial charge in [0.1, 0.15) is 0 Å². The fourth-order valence-corrected chi connectivity index (χ4v) is 2.01. The van der Waals surface area contributed by atoms with Crippen LogP contribution in [-0.4, -0.2) is 55.6 Å². The maximum Gasteiger partial charge on any atom is 0.349 e. The normalized spacial score (nSPS) is 9.81. The molecule has 0 aliphatic heterocycles. The van der Waals surface area contributed by atoms with Crippen molar-refractivity contribution >= 4 is 5.96 Å². The second kappa shape index (κ2) is 5.54. The number of nitrogens with zero attached hydrogens (tertiary/aromatic N) is 3. The summed E-state index contributed by atoms with van der Waals surface area (Å²) in [5, 5.41) is 0. The summed E-state index contributed by atoms with van der Waals surface area (Å²) < 4.78 is 2.13. The number of hydrogen-bond acceptors (Lipinski definition) is 0. The fraction of sp³-hybridized carbons (Fsp3) is 0.462. The number of rotatable bonds is 2. The molecule has 0 spiro atoms. The van der Waals surface area contributed by atoms with Crippen LogP contribution >= 0.6 is 0 Å². The van der Waals surface area contributed by atoms with Gasteiger partial charge >= 0.3 is 5.96 Å². The molecule has 0 amide bonds. The van der Waals surface area contributed by atoms with Crippen LogP contribution < -0.4 is 0 Å². The minimum atomic E-state index is 0.923. The standard InChI is InChI=1S/C13H22N3/c1-14(2)13(15(3)4)16(5)11-12-9-7-6-8-10-12/h6-10H,11H2,1-5H3/q+1. The van der Waals surface area contributed by atoms with Gasteiger partial charge in [-0.15, -0.1) is 0 Å². The Balaban J connectivity index is 2.79. The Hall–Kier alpha value is -1.51. The molecule has 0 saturated carbocycles. The van der Waals surface area contributed by atoms with E-state index in [4.69, 9.17) is 0 Å². The van der Waals surface area contributed by atoms with Crippen LogP contribution in [0.1, 0.15) is 5.56 Å². The van der Waals surface area contributed by atoms with Crippen LogP contribution in [0.15, 0.2) is 30.3 Å². The molecule has 0 saturated heterocycles. The van der Waals surface area contributed by atoms with E-state index < -0.39 is 0 Å². The Bertz CT molecular complexity index is 351. The summed E-state index contributed by atoms with van der Waals surface area (Å²) in [5.41, 5.74) is 1.33. The lowest BCUT2D eigenvalue weighted by Crippen LogP contribution is -2.42. The first-order valence-electron chi connectivity index (χ1n) is 5.49. The zero-order valence-corrected chi connectivity index (χ0v) is 10.9. The van der Waals surface area contributed by atoms with Crippen LogP contribution in [0.3, 0.4) is 0 Å². The first kappa shape index (κ1) is 12.6. The average Bonchev–Trinajstić information content (AvgIpc) is 2.17. The summed E-state index contributed by atoms with van der Waals surface area (Å²) in [7, 11) is 10.4. The molecule has 3 nitrogen and oxygen atoms in total. The van der Waals surface area contributed by atoms with Gasteiger partial charge in [0.25, 0.3) is 0 Å². The van der Waals surface area contributed by atoms with Gasteiger partial charge in [0, 0.05) is 0 Å². The van der Waals surface area contributed by atoms with Gasteiger partial charge in [0.05, 0.1) is 41.8 Å². The minimum absolute atomic E-state index is 0.923. The molecule has 1 aromatic carbocycles. The van der Waals surface area contributed by atoms with Gasteiger partial charge in [-0.1, -0.05) is 30.3 Å². The first-order chi connectivity index (χ1) is 7.52. The minimum Gasteiger partial charge on any atom is -0.270 e. The highest BCUT2D eigenvalue weighted by molar-refractivity contribution is 5.74. The third-order valence-electron chi connectivity index (χ3n) is 2.40. The van der Waals surface area contributed by atoms with Gasteiger partial charge in [-0.05, 0) is 5.56 Å². The predicted octanol–water partition coefficient (Wildman–Crippen LogP) is 1.31. The van der Waals surface area contributed by atoms with E-state index in [9.17, 15) is 0 Å². The summed E-state index contributed by atoms with van der Waals surface area (Å²) in [6.45, 7) is 0.923. The molecule has 0 atom stereocenters. The quantitative estimate of drug-likeness (QED) is 0.422. The molecule has 0 fully saturated rings. The molecule has 88 valence electrons. The van der Waals surface area contributed by atoms with Crippen molar-refractivity contribution in [2.75, 3.05) is 35.2 Å². The van der Waals surface area contributed by atoms with Crippen molar-refractivity contribution < 1.29 is 4.58 Å². The molecule has 0 bridgehead atoms. The van der Waals surface area contributed by atoms with Crippen molar-refractivity contribution in [3.8, 4) is 0 Å². The summed E-state index contributed by atoms with van der Waals surface area (Å²) in [6.07, 6.45) is 0. The topological polar surface area (TPSA) is 9.49 Å². The number of benzene rings is 1. The van der Waals surface area contributed by atoms with E-state index in [0.717, 1.165) is 6.54 Å². The molecule has 1 rings (SSSR count). The lowest BCUT2D eigenvalue weighted by molar-refractivity contribution is -0.475. The van der Waals surface area contributed by atoms with Crippen molar-refractivity contribution in [2.45, 2.75) is 6.54 Å². The monoisotopic (exact) mass is 220 g/mol. The van der Waals surface area contributed by atoms with Gasteiger partial charge in [-0.25, -0.2) is 0 Å². The van der Waals surface area contributed by atoms with E-state index in [2.05, 4.69) is 73.9 Å². The Morgan fingerprint density at radius 3 is 2.06 bits per heavy atom. The van der Waals surface area contributed by atoms with Crippen molar-refractivity contribution in [1.82, 2.24) is 9.80 Å². The van der Waals surface area contributed by atoms with Gasteiger partial charge in [0.2, 0.25) is 0 Å². The second-order valence-electron chi connectivity index (χ2n) is 4.43. The molecule has 16 heavy (non-hydrogen) atoms. The van der Waals surface area contributed by atoms with Crippen LogP contribution in [0.4, 0.5) is 0 Å². The maximum atomic E-state index is 2.25. The molecule has 1 aromatic rings. The van der Waals surface area contributed by atoms with E-state index in [1.54, 1.807) is 0 Å². The highest BCUT2D eigenvalue weighted by atomic mass is 15.4. The van der Waals surface area contributed by atoms with E-state index >= 15 is 0 Å². The van der Waals surface area contributed by atoms with Crippen LogP contribution in [0.5, 0.6) is 0 Å². The fourth-order valence-electron chi connectivity index (χ4n) is 2.01. The van der Waals surface area contributed by atoms with Crippen LogP contribution in [0.2, 0.25) is 0 Å². The molecule has 0 aromatic heterocycles. The lowest BCUT2D eigenvalue weighted by atomic mass is 10.2. The number of hydrogen-bond donors (Lipinski definition) is 0. The van der Waals surface area contributed by atoms with Crippen molar-refractivity contribution in [1.29, 1.82) is 0 Å². The predicted molar refractivity (Wildman–Crippen MR) is 68.7 cm³/mol. The SMILES string of the molecule is CN(C)C(N(C)Cc1ccccc1)=[N+](C)C. The summed E-state index contributed by atoms with van der Waals surface area (Å²) in [4.78, 5) is 4.37. The number of guanidine groups is 1. The largest absolute Gasteiger partial charge is 0.349 e. The van der Waals surface area contributed by atoms with E-state index in [1.807, 2.05) is 6.07 Å². The summed E-state index contributed by atoms with van der Waals surface area (Å²) in [6, 6.07) is 10.5. The molecular formula is C13H22N3+. The Morgan fingerprint density at radius 2 is 1.62 bits per heavy atom. The van der Waals surface area contributed by atoms with E-state index in [-0.39, 0.29) is 0 Å². The Labute approximate surface area is 98.6 Å². The maximum absolute atomic E-state index is 2.25. The highest BCUT2D eigenvalue weighted by Gasteiger charge is 2.17. The van der Waals surface area contributed by atoms with Crippen LogP contribution in [0.25, 0.3) is 0 Å². The first-order valence-corrected chi connectivity index (χ1v) is 5.49. The smallest absolute Gasteiger partial charge is 0.270 e. The Kier molecular flexibility index (Phi) is 4.35. The van der Waals surface area contributed by atoms with E-state index in [1.165, 1.54) is 11.5 Å². The highest BCUT2D eigenvalue weighted by Crippen LogP contribution is 2.03. The Morgan fingerprint density at radius 1 is 1.06 bits per heavy atom. The third-order valence-corrected chi connectivity index (χ3v) is 2.40. The van der Waals surface area contributed by atoms with Crippen LogP contribution in [-0.2, 0) is 6.54 Å². The molecule has 0 aliphatic carbocycles. The molecule has 0 aliphatic rings.